The monoisotopic (exact) mass is 387 g/mol. The molecule has 5 rings (SSSR count). The minimum Gasteiger partial charge on any atom is -0.496 e. The zero-order chi connectivity index (χ0) is 20.0. The summed E-state index contributed by atoms with van der Waals surface area (Å²) in [6.07, 6.45) is 5.26. The van der Waals surface area contributed by atoms with Gasteiger partial charge in [0.25, 0.3) is 0 Å². The average molecular weight is 387 g/mol. The molecule has 0 unspecified atom stereocenters. The SMILES string of the molecule is CCn1cnc2c(-c3ccc(F)c(-c4cc5cc[nH]c5cc4OC)c3)cnnc21. The molecule has 0 spiro atoms. The normalized spacial score (nSPS) is 11.4. The van der Waals surface area contributed by atoms with Crippen LogP contribution in [0.1, 0.15) is 6.92 Å². The van der Waals surface area contributed by atoms with Crippen molar-refractivity contribution >= 4 is 22.1 Å². The summed E-state index contributed by atoms with van der Waals surface area (Å²) in [6.45, 7) is 2.77. The Hall–Kier alpha value is -3.74. The Bertz CT molecular complexity index is 1350. The molecule has 0 amide bonds. The fourth-order valence-electron chi connectivity index (χ4n) is 3.68. The van der Waals surface area contributed by atoms with Crippen molar-refractivity contribution in [2.75, 3.05) is 7.11 Å². The smallest absolute Gasteiger partial charge is 0.183 e. The summed E-state index contributed by atoms with van der Waals surface area (Å²) in [5.74, 6) is 0.281. The molecule has 29 heavy (non-hydrogen) atoms. The van der Waals surface area contributed by atoms with Gasteiger partial charge in [-0.3, -0.25) is 0 Å². The van der Waals surface area contributed by atoms with E-state index in [1.807, 2.05) is 42.0 Å². The molecule has 0 saturated carbocycles. The molecule has 0 atom stereocenters. The number of imidazole rings is 1. The zero-order valence-electron chi connectivity index (χ0n) is 16.0. The van der Waals surface area contributed by atoms with Crippen LogP contribution in [0, 0.1) is 5.82 Å². The van der Waals surface area contributed by atoms with Crippen molar-refractivity contribution in [3.05, 3.63) is 60.9 Å². The van der Waals surface area contributed by atoms with E-state index in [4.69, 9.17) is 4.74 Å². The number of benzene rings is 2. The van der Waals surface area contributed by atoms with E-state index in [9.17, 15) is 4.39 Å². The molecule has 3 aromatic heterocycles. The molecular formula is C22H18FN5O. The highest BCUT2D eigenvalue weighted by Gasteiger charge is 2.16. The Balaban J connectivity index is 1.72. The minimum absolute atomic E-state index is 0.320. The lowest BCUT2D eigenvalue weighted by atomic mass is 9.97. The predicted octanol–water partition coefficient (Wildman–Crippen LogP) is 4.81. The lowest BCUT2D eigenvalue weighted by Crippen LogP contribution is -1.96. The zero-order valence-corrected chi connectivity index (χ0v) is 16.0. The van der Waals surface area contributed by atoms with Gasteiger partial charge in [-0.25, -0.2) is 9.37 Å². The molecule has 3 heterocycles. The van der Waals surface area contributed by atoms with Crippen LogP contribution >= 0.6 is 0 Å². The van der Waals surface area contributed by atoms with E-state index in [0.717, 1.165) is 34.1 Å². The lowest BCUT2D eigenvalue weighted by molar-refractivity contribution is 0.416. The highest BCUT2D eigenvalue weighted by molar-refractivity contribution is 5.92. The van der Waals surface area contributed by atoms with Crippen LogP contribution in [0.5, 0.6) is 5.75 Å². The molecular weight excluding hydrogens is 369 g/mol. The van der Waals surface area contributed by atoms with Crippen LogP contribution in [0.15, 0.2) is 55.1 Å². The highest BCUT2D eigenvalue weighted by Crippen LogP contribution is 2.38. The summed E-state index contributed by atoms with van der Waals surface area (Å²) in [6, 6.07) is 10.8. The number of hydrogen-bond donors (Lipinski definition) is 1. The van der Waals surface area contributed by atoms with Gasteiger partial charge in [-0.05, 0) is 36.8 Å². The van der Waals surface area contributed by atoms with Gasteiger partial charge >= 0.3 is 0 Å². The fraction of sp³-hybridized carbons (Fsp3) is 0.136. The maximum Gasteiger partial charge on any atom is 0.183 e. The Morgan fingerprint density at radius 3 is 2.83 bits per heavy atom. The Morgan fingerprint density at radius 2 is 2.00 bits per heavy atom. The molecule has 0 fully saturated rings. The minimum atomic E-state index is -0.320. The van der Waals surface area contributed by atoms with Crippen molar-refractivity contribution in [1.82, 2.24) is 24.7 Å². The quantitative estimate of drug-likeness (QED) is 0.481. The van der Waals surface area contributed by atoms with Crippen molar-refractivity contribution in [2.45, 2.75) is 13.5 Å². The maximum absolute atomic E-state index is 14.9. The summed E-state index contributed by atoms with van der Waals surface area (Å²) >= 11 is 0. The number of methoxy groups -OCH3 is 1. The number of nitrogens with zero attached hydrogens (tertiary/aromatic N) is 4. The molecule has 0 radical (unpaired) electrons. The molecule has 0 aliphatic heterocycles. The van der Waals surface area contributed by atoms with Crippen molar-refractivity contribution in [1.29, 1.82) is 0 Å². The van der Waals surface area contributed by atoms with Gasteiger partial charge < -0.3 is 14.3 Å². The van der Waals surface area contributed by atoms with Crippen molar-refractivity contribution in [3.63, 3.8) is 0 Å². The summed E-state index contributed by atoms with van der Waals surface area (Å²) < 4.78 is 22.3. The van der Waals surface area contributed by atoms with Crippen molar-refractivity contribution < 1.29 is 9.13 Å². The Morgan fingerprint density at radius 1 is 1.10 bits per heavy atom. The predicted molar refractivity (Wildman–Crippen MR) is 110 cm³/mol. The summed E-state index contributed by atoms with van der Waals surface area (Å²) in [5, 5.41) is 9.32. The van der Waals surface area contributed by atoms with E-state index in [2.05, 4.69) is 20.2 Å². The summed E-state index contributed by atoms with van der Waals surface area (Å²) in [4.78, 5) is 7.65. The molecule has 2 aromatic carbocycles. The van der Waals surface area contributed by atoms with Gasteiger partial charge in [0.15, 0.2) is 5.65 Å². The number of nitrogens with one attached hydrogen (secondary N) is 1. The Labute approximate surface area is 166 Å². The second kappa shape index (κ2) is 6.70. The molecule has 6 nitrogen and oxygen atoms in total. The van der Waals surface area contributed by atoms with Crippen LogP contribution in [-0.2, 0) is 6.54 Å². The highest BCUT2D eigenvalue weighted by atomic mass is 19.1. The Kier molecular flexibility index (Phi) is 4.01. The molecule has 5 aromatic rings. The molecule has 0 aliphatic carbocycles. The number of fused-ring (bicyclic) bond motifs is 2. The second-order valence-corrected chi connectivity index (χ2v) is 6.77. The van der Waals surface area contributed by atoms with E-state index >= 15 is 0 Å². The number of aryl methyl sites for hydroxylation is 1. The van der Waals surface area contributed by atoms with Crippen molar-refractivity contribution in [3.8, 4) is 28.0 Å². The number of hydrogen-bond acceptors (Lipinski definition) is 4. The van der Waals surface area contributed by atoms with E-state index in [0.29, 0.717) is 22.5 Å². The van der Waals surface area contributed by atoms with Crippen LogP contribution in [0.4, 0.5) is 4.39 Å². The van der Waals surface area contributed by atoms with Gasteiger partial charge in [0.2, 0.25) is 0 Å². The van der Waals surface area contributed by atoms with Crippen LogP contribution in [0.2, 0.25) is 0 Å². The van der Waals surface area contributed by atoms with E-state index < -0.39 is 0 Å². The van der Waals surface area contributed by atoms with Crippen LogP contribution in [0.3, 0.4) is 0 Å². The van der Waals surface area contributed by atoms with E-state index in [1.54, 1.807) is 25.7 Å². The summed E-state index contributed by atoms with van der Waals surface area (Å²) in [5.41, 5.74) is 5.17. The van der Waals surface area contributed by atoms with Crippen LogP contribution in [0.25, 0.3) is 44.3 Å². The third kappa shape index (κ3) is 2.74. The summed E-state index contributed by atoms with van der Waals surface area (Å²) in [7, 11) is 1.59. The number of H-pyrrole nitrogens is 1. The average Bonchev–Trinajstić information content (AvgIpc) is 3.39. The van der Waals surface area contributed by atoms with Gasteiger partial charge in [0.1, 0.15) is 17.1 Å². The van der Waals surface area contributed by atoms with Gasteiger partial charge in [-0.15, -0.1) is 5.10 Å². The van der Waals surface area contributed by atoms with Gasteiger partial charge in [0, 0.05) is 46.4 Å². The second-order valence-electron chi connectivity index (χ2n) is 6.77. The molecule has 144 valence electrons. The van der Waals surface area contributed by atoms with E-state index in [-0.39, 0.29) is 5.82 Å². The third-order valence-corrected chi connectivity index (χ3v) is 5.19. The van der Waals surface area contributed by atoms with Crippen LogP contribution < -0.4 is 4.74 Å². The van der Waals surface area contributed by atoms with Gasteiger partial charge in [0.05, 0.1) is 19.6 Å². The molecule has 0 saturated heterocycles. The first-order chi connectivity index (χ1) is 14.2. The standard InChI is InChI=1S/C22H18FN5O/c1-3-28-12-25-21-17(11-26-27-22(21)28)13-4-5-18(23)15(8-13)16-9-14-6-7-24-19(14)10-20(16)29-2/h4-12,24H,3H2,1-2H3. The third-order valence-electron chi connectivity index (χ3n) is 5.19. The number of aromatic nitrogens is 5. The number of ether oxygens (including phenoxy) is 1. The number of rotatable bonds is 4. The first-order valence-corrected chi connectivity index (χ1v) is 9.31. The molecule has 7 heteroatoms. The molecule has 0 bridgehead atoms. The van der Waals surface area contributed by atoms with Crippen molar-refractivity contribution in [2.24, 2.45) is 0 Å². The first-order valence-electron chi connectivity index (χ1n) is 9.31. The van der Waals surface area contributed by atoms with Gasteiger partial charge in [-0.1, -0.05) is 6.07 Å². The van der Waals surface area contributed by atoms with E-state index in [1.165, 1.54) is 6.07 Å². The largest absolute Gasteiger partial charge is 0.496 e. The first kappa shape index (κ1) is 17.4. The lowest BCUT2D eigenvalue weighted by Gasteiger charge is -2.12. The maximum atomic E-state index is 14.9. The van der Waals surface area contributed by atoms with Gasteiger partial charge in [-0.2, -0.15) is 5.10 Å². The van der Waals surface area contributed by atoms with Crippen LogP contribution in [-0.4, -0.2) is 31.8 Å². The number of aromatic amines is 1. The molecule has 0 aliphatic rings. The fourth-order valence-corrected chi connectivity index (χ4v) is 3.68. The number of halogens is 1. The topological polar surface area (TPSA) is 68.6 Å². The molecule has 1 N–H and O–H groups in total.